The van der Waals surface area contributed by atoms with E-state index in [1.54, 1.807) is 30.2 Å². The second-order valence-corrected chi connectivity index (χ2v) is 5.70. The van der Waals surface area contributed by atoms with E-state index in [0.717, 1.165) is 0 Å². The molecule has 1 amide bonds. The lowest BCUT2D eigenvalue weighted by atomic mass is 9.82. The summed E-state index contributed by atoms with van der Waals surface area (Å²) >= 11 is 0. The van der Waals surface area contributed by atoms with E-state index in [0.29, 0.717) is 49.4 Å². The van der Waals surface area contributed by atoms with Crippen LogP contribution >= 0.6 is 0 Å². The molecule has 2 heterocycles. The summed E-state index contributed by atoms with van der Waals surface area (Å²) in [5.41, 5.74) is 0.0591. The number of hydrogen-bond acceptors (Lipinski definition) is 5. The number of nitrogens with zero attached hydrogens (tertiary/aromatic N) is 1. The molecule has 1 spiro atoms. The van der Waals surface area contributed by atoms with Crippen LogP contribution < -0.4 is 9.47 Å². The summed E-state index contributed by atoms with van der Waals surface area (Å²) < 4.78 is 16.0. The van der Waals surface area contributed by atoms with Crippen LogP contribution in [0.3, 0.4) is 0 Å². The van der Waals surface area contributed by atoms with E-state index in [9.17, 15) is 9.59 Å². The lowest BCUT2D eigenvalue weighted by Gasteiger charge is -2.43. The van der Waals surface area contributed by atoms with Crippen molar-refractivity contribution >= 4 is 11.9 Å². The number of carbonyl (C=O) groups excluding carboxylic acids is 2. The number of ketones is 1. The van der Waals surface area contributed by atoms with E-state index in [1.165, 1.54) is 7.11 Å². The lowest BCUT2D eigenvalue weighted by Crippen LogP contribution is -2.52. The molecule has 0 aliphatic carbocycles. The minimum Gasteiger partial charge on any atom is -0.497 e. The molecule has 2 aliphatic heterocycles. The number of methoxy groups -OCH3 is 2. The third kappa shape index (κ3) is 2.49. The number of hydrogen-bond donors (Lipinski definition) is 0. The van der Waals surface area contributed by atoms with Crippen LogP contribution in [0.1, 0.15) is 29.6 Å². The molecular formula is C16H19NO5. The first-order chi connectivity index (χ1) is 10.6. The van der Waals surface area contributed by atoms with Gasteiger partial charge in [-0.05, 0) is 18.2 Å². The van der Waals surface area contributed by atoms with Gasteiger partial charge >= 0.3 is 6.09 Å². The van der Waals surface area contributed by atoms with Gasteiger partial charge in [-0.1, -0.05) is 0 Å². The van der Waals surface area contributed by atoms with Crippen LogP contribution in [-0.2, 0) is 4.74 Å². The Morgan fingerprint density at radius 1 is 1.27 bits per heavy atom. The minimum atomic E-state index is -0.511. The molecule has 2 aliphatic rings. The third-order valence-electron chi connectivity index (χ3n) is 4.40. The molecule has 1 aromatic rings. The van der Waals surface area contributed by atoms with Gasteiger partial charge in [-0.15, -0.1) is 0 Å². The first-order valence-corrected chi connectivity index (χ1v) is 7.30. The maximum Gasteiger partial charge on any atom is 0.409 e. The Balaban J connectivity index is 1.78. The van der Waals surface area contributed by atoms with E-state index in [1.807, 2.05) is 0 Å². The Morgan fingerprint density at radius 3 is 2.64 bits per heavy atom. The highest BCUT2D eigenvalue weighted by molar-refractivity contribution is 6.00. The van der Waals surface area contributed by atoms with Gasteiger partial charge in [0.05, 0.1) is 26.2 Å². The van der Waals surface area contributed by atoms with Crippen LogP contribution in [0.2, 0.25) is 0 Å². The summed E-state index contributed by atoms with van der Waals surface area (Å²) in [6.45, 7) is 1.07. The molecule has 118 valence electrons. The molecule has 22 heavy (non-hydrogen) atoms. The first kappa shape index (κ1) is 14.7. The van der Waals surface area contributed by atoms with Gasteiger partial charge < -0.3 is 19.1 Å². The second kappa shape index (κ2) is 5.51. The van der Waals surface area contributed by atoms with Gasteiger partial charge in [0.15, 0.2) is 5.78 Å². The van der Waals surface area contributed by atoms with Gasteiger partial charge in [0.2, 0.25) is 0 Å². The van der Waals surface area contributed by atoms with E-state index in [-0.39, 0.29) is 11.9 Å². The zero-order valence-electron chi connectivity index (χ0n) is 12.8. The van der Waals surface area contributed by atoms with Gasteiger partial charge in [-0.25, -0.2) is 4.79 Å². The fraction of sp³-hybridized carbons (Fsp3) is 0.500. The van der Waals surface area contributed by atoms with Crippen molar-refractivity contribution in [2.24, 2.45) is 0 Å². The summed E-state index contributed by atoms with van der Waals surface area (Å²) in [6, 6.07) is 5.28. The van der Waals surface area contributed by atoms with Gasteiger partial charge in [0.1, 0.15) is 17.1 Å². The standard InChI is InChI=1S/C16H19NO5/c1-20-11-3-4-14-12(9-11)13(18)10-16(22-14)5-7-17(8-6-16)15(19)21-2/h3-4,9H,5-8,10H2,1-2H3. The fourth-order valence-electron chi connectivity index (χ4n) is 3.10. The van der Waals surface area contributed by atoms with Crippen LogP contribution in [0.15, 0.2) is 18.2 Å². The molecule has 1 saturated heterocycles. The van der Waals surface area contributed by atoms with E-state index in [2.05, 4.69) is 0 Å². The van der Waals surface area contributed by atoms with Crippen molar-refractivity contribution in [3.8, 4) is 11.5 Å². The predicted octanol–water partition coefficient (Wildman–Crippen LogP) is 2.26. The van der Waals surface area contributed by atoms with E-state index >= 15 is 0 Å². The Morgan fingerprint density at radius 2 is 2.00 bits per heavy atom. The number of likely N-dealkylation sites (tertiary alicyclic amines) is 1. The van der Waals surface area contributed by atoms with Crippen LogP contribution in [0.25, 0.3) is 0 Å². The highest BCUT2D eigenvalue weighted by atomic mass is 16.5. The maximum atomic E-state index is 12.5. The van der Waals surface area contributed by atoms with Crippen molar-refractivity contribution in [1.29, 1.82) is 0 Å². The average molecular weight is 305 g/mol. The third-order valence-corrected chi connectivity index (χ3v) is 4.40. The summed E-state index contributed by atoms with van der Waals surface area (Å²) in [5, 5.41) is 0. The van der Waals surface area contributed by atoms with Gasteiger partial charge in [0, 0.05) is 25.9 Å². The van der Waals surface area contributed by atoms with E-state index < -0.39 is 5.60 Å². The SMILES string of the molecule is COC(=O)N1CCC2(CC1)CC(=O)c1cc(OC)ccc1O2. The fourth-order valence-corrected chi connectivity index (χ4v) is 3.10. The molecule has 1 fully saturated rings. The molecule has 0 bridgehead atoms. The predicted molar refractivity (Wildman–Crippen MR) is 78.5 cm³/mol. The molecule has 0 radical (unpaired) electrons. The number of piperidine rings is 1. The molecule has 0 saturated carbocycles. The van der Waals surface area contributed by atoms with Crippen molar-refractivity contribution in [2.75, 3.05) is 27.3 Å². The zero-order valence-corrected chi connectivity index (χ0v) is 12.8. The van der Waals surface area contributed by atoms with Crippen LogP contribution in [0, 0.1) is 0 Å². The second-order valence-electron chi connectivity index (χ2n) is 5.70. The summed E-state index contributed by atoms with van der Waals surface area (Å²) in [7, 11) is 2.94. The van der Waals surface area contributed by atoms with E-state index in [4.69, 9.17) is 14.2 Å². The Bertz CT molecular complexity index is 605. The van der Waals surface area contributed by atoms with Crippen LogP contribution in [0.5, 0.6) is 11.5 Å². The number of ether oxygens (including phenoxy) is 3. The van der Waals surface area contributed by atoms with Crippen molar-refractivity contribution in [2.45, 2.75) is 24.9 Å². The van der Waals surface area contributed by atoms with Crippen LogP contribution in [0.4, 0.5) is 4.79 Å². The Labute approximate surface area is 128 Å². The minimum absolute atomic E-state index is 0.0617. The maximum absolute atomic E-state index is 12.5. The number of carbonyl (C=O) groups is 2. The lowest BCUT2D eigenvalue weighted by molar-refractivity contribution is -0.00712. The summed E-state index contributed by atoms with van der Waals surface area (Å²) in [6.07, 6.45) is 1.25. The Hall–Kier alpha value is -2.24. The van der Waals surface area contributed by atoms with Gasteiger partial charge in [-0.2, -0.15) is 0 Å². The number of Topliss-reactive ketones (excluding diaryl/α,β-unsaturated/α-hetero) is 1. The molecule has 0 atom stereocenters. The molecule has 0 aromatic heterocycles. The molecule has 1 aromatic carbocycles. The molecular weight excluding hydrogens is 286 g/mol. The number of benzene rings is 1. The number of rotatable bonds is 1. The number of fused-ring (bicyclic) bond motifs is 1. The van der Waals surface area contributed by atoms with Gasteiger partial charge in [0.25, 0.3) is 0 Å². The van der Waals surface area contributed by atoms with Crippen molar-refractivity contribution in [3.05, 3.63) is 23.8 Å². The largest absolute Gasteiger partial charge is 0.497 e. The van der Waals surface area contributed by atoms with Crippen molar-refractivity contribution in [1.82, 2.24) is 4.90 Å². The molecule has 6 nitrogen and oxygen atoms in total. The average Bonchev–Trinajstić information content (AvgIpc) is 2.54. The van der Waals surface area contributed by atoms with Crippen molar-refractivity contribution in [3.63, 3.8) is 0 Å². The molecule has 3 rings (SSSR count). The van der Waals surface area contributed by atoms with Crippen molar-refractivity contribution < 1.29 is 23.8 Å². The zero-order chi connectivity index (χ0) is 15.7. The highest BCUT2D eigenvalue weighted by Gasteiger charge is 2.43. The quantitative estimate of drug-likeness (QED) is 0.796. The molecule has 0 N–H and O–H groups in total. The monoisotopic (exact) mass is 305 g/mol. The Kier molecular flexibility index (Phi) is 3.68. The molecule has 6 heteroatoms. The topological polar surface area (TPSA) is 65.1 Å². The smallest absolute Gasteiger partial charge is 0.409 e. The molecule has 0 unspecified atom stereocenters. The normalized spacial score (nSPS) is 19.4. The summed E-state index contributed by atoms with van der Waals surface area (Å²) in [5.74, 6) is 1.31. The van der Waals surface area contributed by atoms with Crippen LogP contribution in [-0.4, -0.2) is 49.7 Å². The first-order valence-electron chi connectivity index (χ1n) is 7.30. The van der Waals surface area contributed by atoms with Gasteiger partial charge in [-0.3, -0.25) is 4.79 Å². The number of amides is 1. The highest BCUT2D eigenvalue weighted by Crippen LogP contribution is 2.40. The summed E-state index contributed by atoms with van der Waals surface area (Å²) in [4.78, 5) is 25.7.